The maximum absolute atomic E-state index is 12.2. The van der Waals surface area contributed by atoms with Crippen LogP contribution < -0.4 is 11.1 Å². The molecule has 1 aliphatic carbocycles. The molecule has 2 aromatic rings. The molecule has 7 heteroatoms. The third kappa shape index (κ3) is 4.44. The van der Waals surface area contributed by atoms with Crippen molar-refractivity contribution in [2.45, 2.75) is 38.7 Å². The minimum absolute atomic E-state index is 0.119. The van der Waals surface area contributed by atoms with Gasteiger partial charge in [-0.15, -0.1) is 11.3 Å². The normalized spacial score (nSPS) is 13.7. The predicted octanol–water partition coefficient (Wildman–Crippen LogP) is 3.92. The maximum Gasteiger partial charge on any atom is 0.251 e. The van der Waals surface area contributed by atoms with E-state index in [1.807, 2.05) is 18.2 Å². The third-order valence-corrected chi connectivity index (χ3v) is 5.95. The van der Waals surface area contributed by atoms with Crippen LogP contribution in [0.1, 0.15) is 45.6 Å². The van der Waals surface area contributed by atoms with Crippen LogP contribution in [0.4, 0.5) is 5.00 Å². The summed E-state index contributed by atoms with van der Waals surface area (Å²) in [5.41, 5.74) is 7.87. The lowest BCUT2D eigenvalue weighted by Crippen LogP contribution is -2.21. The van der Waals surface area contributed by atoms with Gasteiger partial charge in [-0.25, -0.2) is 0 Å². The Hall–Kier alpha value is -1.89. The SMILES string of the molecule is NC(=O)c1c(NC(=O)COCc2ccccc2Cl)sc2c1CCCCC2. The molecule has 138 valence electrons. The molecule has 0 fully saturated rings. The number of hydrogen-bond donors (Lipinski definition) is 2. The van der Waals surface area contributed by atoms with Crippen molar-refractivity contribution in [3.63, 3.8) is 0 Å². The first kappa shape index (κ1) is 18.9. The molecule has 3 N–H and O–H groups in total. The number of fused-ring (bicyclic) bond motifs is 1. The Morgan fingerprint density at radius 1 is 1.19 bits per heavy atom. The summed E-state index contributed by atoms with van der Waals surface area (Å²) in [6, 6.07) is 7.33. The molecule has 0 saturated heterocycles. The highest BCUT2D eigenvalue weighted by molar-refractivity contribution is 7.17. The number of carbonyl (C=O) groups excluding carboxylic acids is 2. The fourth-order valence-corrected chi connectivity index (χ4v) is 4.62. The number of benzene rings is 1. The van der Waals surface area contributed by atoms with Crippen molar-refractivity contribution in [2.75, 3.05) is 11.9 Å². The summed E-state index contributed by atoms with van der Waals surface area (Å²) in [5.74, 6) is -0.798. The molecule has 1 heterocycles. The zero-order chi connectivity index (χ0) is 18.5. The van der Waals surface area contributed by atoms with Gasteiger partial charge in [-0.05, 0) is 42.9 Å². The second-order valence-corrected chi connectivity index (χ2v) is 7.78. The van der Waals surface area contributed by atoms with Crippen molar-refractivity contribution < 1.29 is 14.3 Å². The zero-order valence-electron chi connectivity index (χ0n) is 14.3. The molecule has 2 amide bonds. The van der Waals surface area contributed by atoms with E-state index in [1.165, 1.54) is 11.3 Å². The molecule has 0 unspecified atom stereocenters. The molecule has 3 rings (SSSR count). The number of rotatable bonds is 6. The number of aryl methyl sites for hydroxylation is 1. The highest BCUT2D eigenvalue weighted by Crippen LogP contribution is 2.37. The van der Waals surface area contributed by atoms with E-state index in [-0.39, 0.29) is 19.1 Å². The Bertz CT molecular complexity index is 819. The molecular weight excluding hydrogens is 372 g/mol. The van der Waals surface area contributed by atoms with Crippen molar-refractivity contribution >= 4 is 39.8 Å². The number of hydrogen-bond acceptors (Lipinski definition) is 4. The van der Waals surface area contributed by atoms with E-state index in [1.54, 1.807) is 6.07 Å². The summed E-state index contributed by atoms with van der Waals surface area (Å²) in [4.78, 5) is 25.3. The second kappa shape index (κ2) is 8.66. The molecule has 1 aliphatic rings. The number of nitrogens with one attached hydrogen (secondary N) is 1. The lowest BCUT2D eigenvalue weighted by atomic mass is 10.1. The number of thiophene rings is 1. The minimum Gasteiger partial charge on any atom is -0.367 e. The molecule has 26 heavy (non-hydrogen) atoms. The average molecular weight is 393 g/mol. The quantitative estimate of drug-likeness (QED) is 0.731. The number of amides is 2. The van der Waals surface area contributed by atoms with Crippen LogP contribution in [0, 0.1) is 0 Å². The van der Waals surface area contributed by atoms with Gasteiger partial charge in [0, 0.05) is 9.90 Å². The second-order valence-electron chi connectivity index (χ2n) is 6.27. The Morgan fingerprint density at radius 2 is 1.96 bits per heavy atom. The summed E-state index contributed by atoms with van der Waals surface area (Å²) in [6.45, 7) is 0.128. The molecule has 0 bridgehead atoms. The van der Waals surface area contributed by atoms with Gasteiger partial charge >= 0.3 is 0 Å². The van der Waals surface area contributed by atoms with E-state index in [0.717, 1.165) is 48.1 Å². The smallest absolute Gasteiger partial charge is 0.251 e. The molecule has 0 aliphatic heterocycles. The fourth-order valence-electron chi connectivity index (χ4n) is 3.12. The predicted molar refractivity (Wildman–Crippen MR) is 104 cm³/mol. The van der Waals surface area contributed by atoms with Gasteiger partial charge in [-0.2, -0.15) is 0 Å². The number of primary amides is 1. The minimum atomic E-state index is -0.489. The molecule has 0 spiro atoms. The van der Waals surface area contributed by atoms with Crippen LogP contribution in [-0.2, 0) is 29.0 Å². The summed E-state index contributed by atoms with van der Waals surface area (Å²) >= 11 is 7.52. The van der Waals surface area contributed by atoms with E-state index in [2.05, 4.69) is 5.32 Å². The zero-order valence-corrected chi connectivity index (χ0v) is 15.9. The third-order valence-electron chi connectivity index (χ3n) is 4.37. The van der Waals surface area contributed by atoms with Gasteiger partial charge in [0.05, 0.1) is 12.2 Å². The van der Waals surface area contributed by atoms with Crippen molar-refractivity contribution in [1.82, 2.24) is 0 Å². The van der Waals surface area contributed by atoms with Gasteiger partial charge in [0.15, 0.2) is 0 Å². The van der Waals surface area contributed by atoms with Gasteiger partial charge in [0.2, 0.25) is 0 Å². The van der Waals surface area contributed by atoms with E-state index in [4.69, 9.17) is 22.1 Å². The summed E-state index contributed by atoms with van der Waals surface area (Å²) < 4.78 is 5.45. The number of halogens is 1. The largest absolute Gasteiger partial charge is 0.367 e. The Morgan fingerprint density at radius 3 is 2.73 bits per heavy atom. The highest BCUT2D eigenvalue weighted by atomic mass is 35.5. The first-order valence-corrected chi connectivity index (χ1v) is 9.81. The Kier molecular flexibility index (Phi) is 6.29. The monoisotopic (exact) mass is 392 g/mol. The van der Waals surface area contributed by atoms with Gasteiger partial charge in [0.25, 0.3) is 11.8 Å². The van der Waals surface area contributed by atoms with Gasteiger partial charge < -0.3 is 15.8 Å². The molecule has 0 atom stereocenters. The van der Waals surface area contributed by atoms with Crippen molar-refractivity contribution in [1.29, 1.82) is 0 Å². The first-order chi connectivity index (χ1) is 12.6. The lowest BCUT2D eigenvalue weighted by molar-refractivity contribution is -0.120. The van der Waals surface area contributed by atoms with Crippen LogP contribution >= 0.6 is 22.9 Å². The maximum atomic E-state index is 12.2. The van der Waals surface area contributed by atoms with Crippen molar-refractivity contribution in [3.8, 4) is 0 Å². The fraction of sp³-hybridized carbons (Fsp3) is 0.368. The number of carbonyl (C=O) groups is 2. The molecular formula is C19H21ClN2O3S. The molecule has 0 saturated carbocycles. The Balaban J connectivity index is 1.64. The molecule has 1 aromatic heterocycles. The molecule has 5 nitrogen and oxygen atoms in total. The number of nitrogens with two attached hydrogens (primary N) is 1. The molecule has 0 radical (unpaired) electrons. The van der Waals surface area contributed by atoms with E-state index < -0.39 is 5.91 Å². The van der Waals surface area contributed by atoms with E-state index >= 15 is 0 Å². The van der Waals surface area contributed by atoms with Gasteiger partial charge in [-0.1, -0.05) is 36.2 Å². The van der Waals surface area contributed by atoms with Crippen LogP contribution in [0.5, 0.6) is 0 Å². The lowest BCUT2D eigenvalue weighted by Gasteiger charge is -2.08. The van der Waals surface area contributed by atoms with Gasteiger partial charge in [-0.3, -0.25) is 9.59 Å². The highest BCUT2D eigenvalue weighted by Gasteiger charge is 2.24. The number of ether oxygens (including phenoxy) is 1. The van der Waals surface area contributed by atoms with Crippen LogP contribution in [0.2, 0.25) is 5.02 Å². The summed E-state index contributed by atoms with van der Waals surface area (Å²) in [5, 5.41) is 3.93. The van der Waals surface area contributed by atoms with Crippen LogP contribution in [-0.4, -0.2) is 18.4 Å². The topological polar surface area (TPSA) is 81.4 Å². The van der Waals surface area contributed by atoms with E-state index in [9.17, 15) is 9.59 Å². The summed E-state index contributed by atoms with van der Waals surface area (Å²) in [6.07, 6.45) is 5.05. The average Bonchev–Trinajstić information content (AvgIpc) is 2.78. The molecule has 1 aromatic carbocycles. The summed E-state index contributed by atoms with van der Waals surface area (Å²) in [7, 11) is 0. The van der Waals surface area contributed by atoms with Crippen molar-refractivity contribution in [3.05, 3.63) is 50.9 Å². The van der Waals surface area contributed by atoms with Crippen LogP contribution in [0.15, 0.2) is 24.3 Å². The van der Waals surface area contributed by atoms with Gasteiger partial charge in [0.1, 0.15) is 11.6 Å². The Labute approximate surface area is 161 Å². The van der Waals surface area contributed by atoms with Crippen LogP contribution in [0.25, 0.3) is 0 Å². The van der Waals surface area contributed by atoms with Crippen LogP contribution in [0.3, 0.4) is 0 Å². The van der Waals surface area contributed by atoms with E-state index in [0.29, 0.717) is 15.6 Å². The van der Waals surface area contributed by atoms with Crippen molar-refractivity contribution in [2.24, 2.45) is 5.73 Å². The number of anilines is 1. The standard InChI is InChI=1S/C19H21ClN2O3S/c20-14-8-5-4-6-12(14)10-25-11-16(23)22-19-17(18(21)24)13-7-2-1-3-9-15(13)26-19/h4-6,8H,1-3,7,9-11H2,(H2,21,24)(H,22,23). The first-order valence-electron chi connectivity index (χ1n) is 8.61.